The van der Waals surface area contributed by atoms with Crippen LogP contribution in [0.5, 0.6) is 0 Å². The van der Waals surface area contributed by atoms with E-state index in [2.05, 4.69) is 15.9 Å². The van der Waals surface area contributed by atoms with Crippen LogP contribution in [0.1, 0.15) is 0 Å². The number of rotatable bonds is 3. The van der Waals surface area contributed by atoms with Crippen molar-refractivity contribution in [3.63, 3.8) is 0 Å². The molecule has 1 aromatic rings. The van der Waals surface area contributed by atoms with Gasteiger partial charge in [0.2, 0.25) is 0 Å². The fourth-order valence-corrected chi connectivity index (χ4v) is 1.73. The molecular formula is C8H10BrNOS. The Kier molecular flexibility index (Phi) is 4.08. The Morgan fingerprint density at radius 1 is 1.42 bits per heavy atom. The molecular weight excluding hydrogens is 238 g/mol. The zero-order chi connectivity index (χ0) is 8.97. The van der Waals surface area contributed by atoms with Crippen LogP contribution in [0.4, 0.5) is 0 Å². The molecule has 0 saturated carbocycles. The molecule has 0 spiro atoms. The van der Waals surface area contributed by atoms with Gasteiger partial charge in [-0.25, -0.2) is 4.28 Å². The van der Waals surface area contributed by atoms with E-state index in [9.17, 15) is 0 Å². The minimum absolute atomic E-state index is 1.06. The Bertz CT molecular complexity index is 255. The summed E-state index contributed by atoms with van der Waals surface area (Å²) in [4.78, 5) is 1.08. The monoisotopic (exact) mass is 247 g/mol. The molecule has 2 nitrogen and oxygen atoms in total. The molecule has 0 radical (unpaired) electrons. The number of hydroxylamine groups is 2. The summed E-state index contributed by atoms with van der Waals surface area (Å²) in [6.07, 6.45) is 0. The minimum atomic E-state index is 1.06. The van der Waals surface area contributed by atoms with Crippen molar-refractivity contribution in [3.05, 3.63) is 28.7 Å². The standard InChI is InChI=1S/C8H10BrNOS/c1-10(2)11-12-8-5-3-4-7(9)6-8/h3-6H,1-2H3. The lowest BCUT2D eigenvalue weighted by Crippen LogP contribution is -2.06. The minimum Gasteiger partial charge on any atom is -0.224 e. The smallest absolute Gasteiger partial charge is 0.0527 e. The fraction of sp³-hybridized carbons (Fsp3) is 0.250. The zero-order valence-corrected chi connectivity index (χ0v) is 9.35. The molecule has 0 atom stereocenters. The van der Waals surface area contributed by atoms with Crippen molar-refractivity contribution in [1.82, 2.24) is 5.06 Å². The van der Waals surface area contributed by atoms with Gasteiger partial charge in [0.25, 0.3) is 0 Å². The molecule has 0 N–H and O–H groups in total. The molecule has 1 rings (SSSR count). The molecule has 0 amide bonds. The van der Waals surface area contributed by atoms with Crippen molar-refractivity contribution < 1.29 is 4.28 Å². The van der Waals surface area contributed by atoms with Gasteiger partial charge in [-0.2, -0.15) is 5.06 Å². The normalized spacial score (nSPS) is 10.7. The molecule has 0 unspecified atom stereocenters. The van der Waals surface area contributed by atoms with Gasteiger partial charge in [-0.15, -0.1) is 0 Å². The molecule has 1 aromatic carbocycles. The first-order valence-electron chi connectivity index (χ1n) is 3.46. The zero-order valence-electron chi connectivity index (χ0n) is 6.95. The highest BCUT2D eigenvalue weighted by atomic mass is 79.9. The van der Waals surface area contributed by atoms with E-state index in [0.717, 1.165) is 9.37 Å². The summed E-state index contributed by atoms with van der Waals surface area (Å²) in [6, 6.07) is 7.97. The third kappa shape index (κ3) is 3.58. The van der Waals surface area contributed by atoms with Crippen LogP contribution in [-0.2, 0) is 4.28 Å². The van der Waals surface area contributed by atoms with Crippen molar-refractivity contribution >= 4 is 28.0 Å². The van der Waals surface area contributed by atoms with Crippen molar-refractivity contribution in [3.8, 4) is 0 Å². The summed E-state index contributed by atoms with van der Waals surface area (Å²) in [7, 11) is 3.70. The average Bonchev–Trinajstić information content (AvgIpc) is 2.01. The molecule has 0 aromatic heterocycles. The molecule has 4 heteroatoms. The average molecular weight is 248 g/mol. The summed E-state index contributed by atoms with van der Waals surface area (Å²) in [5.41, 5.74) is 0. The lowest BCUT2D eigenvalue weighted by molar-refractivity contribution is 0.0231. The third-order valence-electron chi connectivity index (χ3n) is 1.08. The van der Waals surface area contributed by atoms with Crippen molar-refractivity contribution in [2.24, 2.45) is 0 Å². The number of hydrogen-bond acceptors (Lipinski definition) is 3. The van der Waals surface area contributed by atoms with Gasteiger partial charge in [0, 0.05) is 23.5 Å². The van der Waals surface area contributed by atoms with Crippen LogP contribution in [0.2, 0.25) is 0 Å². The molecule has 0 aliphatic carbocycles. The Morgan fingerprint density at radius 3 is 2.75 bits per heavy atom. The van der Waals surface area contributed by atoms with Crippen LogP contribution >= 0.6 is 28.0 Å². The summed E-state index contributed by atoms with van der Waals surface area (Å²) >= 11 is 4.73. The Morgan fingerprint density at radius 2 is 2.17 bits per heavy atom. The van der Waals surface area contributed by atoms with Gasteiger partial charge in [0.15, 0.2) is 0 Å². The number of halogens is 1. The van der Waals surface area contributed by atoms with Crippen molar-refractivity contribution in [1.29, 1.82) is 0 Å². The first-order valence-corrected chi connectivity index (χ1v) is 4.99. The number of nitrogens with zero attached hydrogens (tertiary/aromatic N) is 1. The van der Waals surface area contributed by atoms with Crippen molar-refractivity contribution in [2.45, 2.75) is 4.90 Å². The van der Waals surface area contributed by atoms with Crippen LogP contribution in [0, 0.1) is 0 Å². The van der Waals surface area contributed by atoms with Crippen LogP contribution in [-0.4, -0.2) is 19.2 Å². The van der Waals surface area contributed by atoms with Gasteiger partial charge in [-0.3, -0.25) is 0 Å². The van der Waals surface area contributed by atoms with Gasteiger partial charge in [0.05, 0.1) is 12.0 Å². The van der Waals surface area contributed by atoms with E-state index in [4.69, 9.17) is 4.28 Å². The summed E-state index contributed by atoms with van der Waals surface area (Å²) < 4.78 is 6.28. The predicted octanol–water partition coefficient (Wildman–Crippen LogP) is 2.95. The maximum absolute atomic E-state index is 5.21. The van der Waals surface area contributed by atoms with E-state index in [1.54, 1.807) is 5.06 Å². The van der Waals surface area contributed by atoms with Crippen LogP contribution in [0.25, 0.3) is 0 Å². The predicted molar refractivity (Wildman–Crippen MR) is 54.8 cm³/mol. The summed E-state index contributed by atoms with van der Waals surface area (Å²) in [5, 5.41) is 1.66. The molecule has 12 heavy (non-hydrogen) atoms. The molecule has 0 saturated heterocycles. The largest absolute Gasteiger partial charge is 0.224 e. The Balaban J connectivity index is 2.52. The Labute approximate surface area is 85.2 Å². The van der Waals surface area contributed by atoms with Gasteiger partial charge in [-0.1, -0.05) is 22.0 Å². The second-order valence-electron chi connectivity index (χ2n) is 2.43. The van der Waals surface area contributed by atoms with E-state index in [1.165, 1.54) is 12.0 Å². The fourth-order valence-electron chi connectivity index (χ4n) is 0.636. The maximum Gasteiger partial charge on any atom is 0.0527 e. The van der Waals surface area contributed by atoms with Gasteiger partial charge >= 0.3 is 0 Å². The van der Waals surface area contributed by atoms with E-state index in [1.807, 2.05) is 38.4 Å². The van der Waals surface area contributed by atoms with Gasteiger partial charge in [0.1, 0.15) is 0 Å². The quantitative estimate of drug-likeness (QED) is 0.602. The van der Waals surface area contributed by atoms with Crippen LogP contribution in [0.15, 0.2) is 33.6 Å². The highest BCUT2D eigenvalue weighted by molar-refractivity contribution is 9.10. The van der Waals surface area contributed by atoms with Crippen molar-refractivity contribution in [2.75, 3.05) is 14.1 Å². The summed E-state index contributed by atoms with van der Waals surface area (Å²) in [6.45, 7) is 0. The molecule has 0 heterocycles. The molecule has 0 aliphatic rings. The Hall–Kier alpha value is -0.0300. The second-order valence-corrected chi connectivity index (χ2v) is 4.13. The van der Waals surface area contributed by atoms with E-state index >= 15 is 0 Å². The molecule has 66 valence electrons. The highest BCUT2D eigenvalue weighted by Gasteiger charge is 1.96. The summed E-state index contributed by atoms with van der Waals surface area (Å²) in [5.74, 6) is 0. The van der Waals surface area contributed by atoms with E-state index in [0.29, 0.717) is 0 Å². The first kappa shape index (κ1) is 10.1. The molecule has 0 fully saturated rings. The maximum atomic E-state index is 5.21. The highest BCUT2D eigenvalue weighted by Crippen LogP contribution is 2.22. The van der Waals surface area contributed by atoms with Crippen LogP contribution in [0.3, 0.4) is 0 Å². The number of hydrogen-bond donors (Lipinski definition) is 0. The SMILES string of the molecule is CN(C)OSc1cccc(Br)c1. The topological polar surface area (TPSA) is 12.5 Å². The van der Waals surface area contributed by atoms with Gasteiger partial charge < -0.3 is 0 Å². The van der Waals surface area contributed by atoms with E-state index in [-0.39, 0.29) is 0 Å². The lowest BCUT2D eigenvalue weighted by atomic mass is 10.4. The van der Waals surface area contributed by atoms with Crippen LogP contribution < -0.4 is 0 Å². The third-order valence-corrected chi connectivity index (χ3v) is 2.39. The lowest BCUT2D eigenvalue weighted by Gasteiger charge is -2.07. The number of benzene rings is 1. The van der Waals surface area contributed by atoms with Gasteiger partial charge in [-0.05, 0) is 18.2 Å². The first-order chi connectivity index (χ1) is 5.68. The molecule has 0 aliphatic heterocycles. The van der Waals surface area contributed by atoms with E-state index < -0.39 is 0 Å². The second kappa shape index (κ2) is 4.87. The molecule has 0 bridgehead atoms.